The molecule has 2 aliphatic rings. The minimum Gasteiger partial charge on any atom is -0.357 e. The molecule has 2 fully saturated rings. The molecule has 2 rings (SSSR count). The van der Waals surface area contributed by atoms with Gasteiger partial charge in [-0.15, -0.1) is 0 Å². The van der Waals surface area contributed by atoms with Crippen LogP contribution in [-0.2, 0) is 0 Å². The van der Waals surface area contributed by atoms with Crippen molar-refractivity contribution in [1.82, 2.24) is 10.2 Å². The van der Waals surface area contributed by atoms with Crippen LogP contribution in [0.5, 0.6) is 0 Å². The second-order valence-corrected chi connectivity index (χ2v) is 6.78. The Kier molecular flexibility index (Phi) is 6.35. The largest absolute Gasteiger partial charge is 0.357 e. The van der Waals surface area contributed by atoms with Crippen LogP contribution in [0.15, 0.2) is 4.99 Å². The lowest BCUT2D eigenvalue weighted by Crippen LogP contribution is -2.40. The van der Waals surface area contributed by atoms with Gasteiger partial charge in [-0.1, -0.05) is 12.8 Å². The molecule has 0 aromatic carbocycles. The average molecular weight is 283 g/mol. The molecule has 4 heteroatoms. The van der Waals surface area contributed by atoms with E-state index in [9.17, 15) is 0 Å². The first kappa shape index (κ1) is 15.0. The number of likely N-dealkylation sites (tertiary alicyclic amines) is 1. The van der Waals surface area contributed by atoms with Crippen LogP contribution in [-0.4, -0.2) is 49.0 Å². The highest BCUT2D eigenvalue weighted by molar-refractivity contribution is 7.98. The summed E-state index contributed by atoms with van der Waals surface area (Å²) in [5.41, 5.74) is 0. The van der Waals surface area contributed by atoms with Crippen LogP contribution in [0.25, 0.3) is 0 Å². The normalized spacial score (nSPS) is 27.5. The first-order valence-electron chi connectivity index (χ1n) is 7.87. The maximum absolute atomic E-state index is 4.81. The third-order valence-corrected chi connectivity index (χ3v) is 5.08. The highest BCUT2D eigenvalue weighted by atomic mass is 32.2. The van der Waals surface area contributed by atoms with Gasteiger partial charge in [-0.2, -0.15) is 11.8 Å². The van der Waals surface area contributed by atoms with E-state index in [4.69, 9.17) is 4.99 Å². The van der Waals surface area contributed by atoms with Crippen molar-refractivity contribution >= 4 is 17.7 Å². The topological polar surface area (TPSA) is 27.6 Å². The molecule has 2 atom stereocenters. The van der Waals surface area contributed by atoms with Gasteiger partial charge in [-0.25, -0.2) is 0 Å². The zero-order valence-electron chi connectivity index (χ0n) is 12.5. The molecule has 0 radical (unpaired) electrons. The second kappa shape index (κ2) is 8.03. The molecule has 110 valence electrons. The van der Waals surface area contributed by atoms with Gasteiger partial charge in [0.05, 0.1) is 0 Å². The molecule has 1 aliphatic heterocycles. The Morgan fingerprint density at radius 3 is 2.53 bits per heavy atom. The summed E-state index contributed by atoms with van der Waals surface area (Å²) in [6.45, 7) is 6.58. The van der Waals surface area contributed by atoms with Crippen LogP contribution in [0.2, 0.25) is 0 Å². The van der Waals surface area contributed by atoms with Crippen molar-refractivity contribution in [3.05, 3.63) is 0 Å². The summed E-state index contributed by atoms with van der Waals surface area (Å²) in [5, 5.41) is 3.48. The maximum Gasteiger partial charge on any atom is 0.193 e. The molecule has 1 heterocycles. The third kappa shape index (κ3) is 4.30. The van der Waals surface area contributed by atoms with E-state index in [-0.39, 0.29) is 0 Å². The molecule has 0 amide bonds. The van der Waals surface area contributed by atoms with Crippen LogP contribution in [0.1, 0.15) is 39.0 Å². The number of hydrogen-bond donors (Lipinski definition) is 1. The zero-order valence-corrected chi connectivity index (χ0v) is 13.3. The van der Waals surface area contributed by atoms with Crippen LogP contribution in [0.4, 0.5) is 0 Å². The van der Waals surface area contributed by atoms with E-state index < -0.39 is 0 Å². The number of fused-ring (bicyclic) bond motifs is 1. The Bertz CT molecular complexity index is 279. The molecule has 0 aromatic rings. The Morgan fingerprint density at radius 2 is 1.95 bits per heavy atom. The van der Waals surface area contributed by atoms with Crippen molar-refractivity contribution < 1.29 is 0 Å². The predicted octanol–water partition coefficient (Wildman–Crippen LogP) is 2.83. The van der Waals surface area contributed by atoms with Crippen molar-refractivity contribution in [3.63, 3.8) is 0 Å². The molecular formula is C15H29N3S. The molecule has 0 aromatic heterocycles. The minimum atomic E-state index is 0.934. The molecule has 3 nitrogen and oxygen atoms in total. The van der Waals surface area contributed by atoms with Crippen LogP contribution in [0, 0.1) is 11.8 Å². The van der Waals surface area contributed by atoms with E-state index in [1.54, 1.807) is 0 Å². The molecule has 1 N–H and O–H groups in total. The first-order valence-corrected chi connectivity index (χ1v) is 9.26. The number of hydrogen-bond acceptors (Lipinski definition) is 2. The Labute approximate surface area is 122 Å². The van der Waals surface area contributed by atoms with Gasteiger partial charge >= 0.3 is 0 Å². The quantitative estimate of drug-likeness (QED) is 0.478. The van der Waals surface area contributed by atoms with Gasteiger partial charge < -0.3 is 10.2 Å². The predicted molar refractivity (Wildman–Crippen MR) is 86.0 cm³/mol. The molecule has 1 saturated heterocycles. The Hall–Kier alpha value is -0.380. The van der Waals surface area contributed by atoms with Crippen molar-refractivity contribution in [2.24, 2.45) is 16.8 Å². The van der Waals surface area contributed by atoms with Gasteiger partial charge in [-0.3, -0.25) is 4.99 Å². The van der Waals surface area contributed by atoms with Gasteiger partial charge in [0.25, 0.3) is 0 Å². The SMILES string of the molecule is CCNC(=NCCCSC)N1CC2CCCCC2C1. The molecule has 0 bridgehead atoms. The summed E-state index contributed by atoms with van der Waals surface area (Å²) >= 11 is 1.91. The number of nitrogens with one attached hydrogen (secondary N) is 1. The summed E-state index contributed by atoms with van der Waals surface area (Å²) in [5.74, 6) is 4.25. The van der Waals surface area contributed by atoms with Gasteiger partial charge in [-0.05, 0) is 50.0 Å². The van der Waals surface area contributed by atoms with Crippen LogP contribution < -0.4 is 5.32 Å². The lowest BCUT2D eigenvalue weighted by molar-refractivity contribution is 0.299. The fourth-order valence-electron chi connectivity index (χ4n) is 3.40. The van der Waals surface area contributed by atoms with Crippen LogP contribution in [0.3, 0.4) is 0 Å². The Morgan fingerprint density at radius 1 is 1.26 bits per heavy atom. The third-order valence-electron chi connectivity index (χ3n) is 4.38. The highest BCUT2D eigenvalue weighted by Gasteiger charge is 2.35. The van der Waals surface area contributed by atoms with E-state index in [0.717, 1.165) is 30.9 Å². The molecule has 1 saturated carbocycles. The van der Waals surface area contributed by atoms with E-state index in [1.165, 1.54) is 50.9 Å². The van der Waals surface area contributed by atoms with Gasteiger partial charge in [0, 0.05) is 26.2 Å². The standard InChI is InChI=1S/C15H29N3S/c1-3-16-15(17-9-6-10-19-2)18-11-13-7-4-5-8-14(13)12-18/h13-14H,3-12H2,1-2H3,(H,16,17). The molecular weight excluding hydrogens is 254 g/mol. The van der Waals surface area contributed by atoms with Gasteiger partial charge in [0.1, 0.15) is 0 Å². The number of aliphatic imine (C=N–C) groups is 1. The summed E-state index contributed by atoms with van der Waals surface area (Å²) < 4.78 is 0. The number of nitrogens with zero attached hydrogens (tertiary/aromatic N) is 2. The smallest absolute Gasteiger partial charge is 0.193 e. The molecule has 2 unspecified atom stereocenters. The summed E-state index contributed by atoms with van der Waals surface area (Å²) in [6, 6.07) is 0. The summed E-state index contributed by atoms with van der Waals surface area (Å²) in [4.78, 5) is 7.33. The average Bonchev–Trinajstić information content (AvgIpc) is 2.86. The van der Waals surface area contributed by atoms with Crippen molar-refractivity contribution in [2.45, 2.75) is 39.0 Å². The number of rotatable bonds is 5. The van der Waals surface area contributed by atoms with E-state index >= 15 is 0 Å². The maximum atomic E-state index is 4.81. The molecule has 0 spiro atoms. The zero-order chi connectivity index (χ0) is 13.5. The first-order chi connectivity index (χ1) is 9.35. The van der Waals surface area contributed by atoms with E-state index in [2.05, 4.69) is 23.4 Å². The molecule has 19 heavy (non-hydrogen) atoms. The highest BCUT2D eigenvalue weighted by Crippen LogP contribution is 2.35. The molecule has 1 aliphatic carbocycles. The van der Waals surface area contributed by atoms with Crippen molar-refractivity contribution in [1.29, 1.82) is 0 Å². The number of guanidine groups is 1. The monoisotopic (exact) mass is 283 g/mol. The number of thioether (sulfide) groups is 1. The summed E-state index contributed by atoms with van der Waals surface area (Å²) in [7, 11) is 0. The second-order valence-electron chi connectivity index (χ2n) is 5.79. The lowest BCUT2D eigenvalue weighted by Gasteiger charge is -2.22. The lowest BCUT2D eigenvalue weighted by atomic mass is 9.82. The van der Waals surface area contributed by atoms with E-state index in [0.29, 0.717) is 0 Å². The van der Waals surface area contributed by atoms with Crippen molar-refractivity contribution in [3.8, 4) is 0 Å². The fourth-order valence-corrected chi connectivity index (χ4v) is 3.82. The van der Waals surface area contributed by atoms with Crippen LogP contribution >= 0.6 is 11.8 Å². The minimum absolute atomic E-state index is 0.934. The van der Waals surface area contributed by atoms with Gasteiger partial charge in [0.15, 0.2) is 5.96 Å². The summed E-state index contributed by atoms with van der Waals surface area (Å²) in [6.07, 6.45) is 9.11. The van der Waals surface area contributed by atoms with Gasteiger partial charge in [0.2, 0.25) is 0 Å². The Balaban J connectivity index is 1.87. The fraction of sp³-hybridized carbons (Fsp3) is 0.933. The van der Waals surface area contributed by atoms with E-state index in [1.807, 2.05) is 11.8 Å². The van der Waals surface area contributed by atoms with Crippen molar-refractivity contribution in [2.75, 3.05) is 38.2 Å².